The molecule has 0 atom stereocenters. The molecule has 0 aliphatic heterocycles. The fourth-order valence-corrected chi connectivity index (χ4v) is 1.56. The van der Waals surface area contributed by atoms with Crippen molar-refractivity contribution in [1.82, 2.24) is 9.97 Å². The number of nitrogens with two attached hydrogens (primary N) is 1. The van der Waals surface area contributed by atoms with Gasteiger partial charge in [-0.15, -0.1) is 0 Å². The lowest BCUT2D eigenvalue weighted by Crippen LogP contribution is -2.12. The number of anilines is 3. The first-order valence-corrected chi connectivity index (χ1v) is 5.48. The molecule has 2 rings (SSSR count). The molecule has 0 aliphatic carbocycles. The lowest BCUT2D eigenvalue weighted by atomic mass is 10.2. The summed E-state index contributed by atoms with van der Waals surface area (Å²) >= 11 is 0. The van der Waals surface area contributed by atoms with E-state index in [9.17, 15) is 17.6 Å². The number of nitrogens with zero attached hydrogens (tertiary/aromatic N) is 3. The topological polar surface area (TPSA) is 87.6 Å². The molecular formula is C12H7F4N5. The molecule has 0 spiro atoms. The number of aromatic nitrogens is 2. The van der Waals surface area contributed by atoms with Crippen LogP contribution in [0.3, 0.4) is 0 Å². The molecule has 0 unspecified atom stereocenters. The van der Waals surface area contributed by atoms with E-state index >= 15 is 0 Å². The second-order valence-electron chi connectivity index (χ2n) is 3.89. The SMILES string of the molecule is N#Cc1c(F)cccc1Nc1cc(C(F)(F)F)nc(N)n1. The number of alkyl halides is 3. The zero-order valence-electron chi connectivity index (χ0n) is 10.2. The molecule has 0 radical (unpaired) electrons. The molecule has 3 N–H and O–H groups in total. The normalized spacial score (nSPS) is 11.0. The minimum atomic E-state index is -4.70. The number of hydrogen-bond donors (Lipinski definition) is 2. The number of halogens is 4. The quantitative estimate of drug-likeness (QED) is 0.832. The molecule has 0 amide bonds. The van der Waals surface area contributed by atoms with Crippen molar-refractivity contribution in [2.24, 2.45) is 0 Å². The zero-order chi connectivity index (χ0) is 15.6. The van der Waals surface area contributed by atoms with E-state index < -0.39 is 23.6 Å². The van der Waals surface area contributed by atoms with E-state index in [2.05, 4.69) is 15.3 Å². The van der Waals surface area contributed by atoms with Gasteiger partial charge < -0.3 is 11.1 Å². The summed E-state index contributed by atoms with van der Waals surface area (Å²) in [4.78, 5) is 6.64. The smallest absolute Gasteiger partial charge is 0.368 e. The average Bonchev–Trinajstić information content (AvgIpc) is 2.37. The summed E-state index contributed by atoms with van der Waals surface area (Å²) in [5, 5.41) is 11.3. The van der Waals surface area contributed by atoms with E-state index in [1.165, 1.54) is 12.1 Å². The van der Waals surface area contributed by atoms with Gasteiger partial charge in [-0.1, -0.05) is 6.07 Å². The maximum atomic E-state index is 13.4. The molecule has 1 aromatic heterocycles. The molecule has 0 saturated heterocycles. The van der Waals surface area contributed by atoms with Gasteiger partial charge in [-0.05, 0) is 12.1 Å². The zero-order valence-corrected chi connectivity index (χ0v) is 10.2. The van der Waals surface area contributed by atoms with Crippen molar-refractivity contribution in [3.05, 3.63) is 41.3 Å². The van der Waals surface area contributed by atoms with Crippen LogP contribution in [0.1, 0.15) is 11.3 Å². The van der Waals surface area contributed by atoms with Crippen molar-refractivity contribution >= 4 is 17.5 Å². The molecule has 1 heterocycles. The fourth-order valence-electron chi connectivity index (χ4n) is 1.56. The van der Waals surface area contributed by atoms with Gasteiger partial charge in [0.25, 0.3) is 0 Å². The molecule has 0 fully saturated rings. The maximum Gasteiger partial charge on any atom is 0.433 e. The number of nitrogens with one attached hydrogen (secondary N) is 1. The largest absolute Gasteiger partial charge is 0.433 e. The summed E-state index contributed by atoms with van der Waals surface area (Å²) in [7, 11) is 0. The first-order chi connectivity index (χ1) is 9.81. The van der Waals surface area contributed by atoms with Gasteiger partial charge in [0.15, 0.2) is 5.69 Å². The third-order valence-electron chi connectivity index (χ3n) is 2.42. The van der Waals surface area contributed by atoms with Crippen molar-refractivity contribution in [2.45, 2.75) is 6.18 Å². The second kappa shape index (κ2) is 5.24. The predicted octanol–water partition coefficient (Wildman–Crippen LogP) is 2.83. The van der Waals surface area contributed by atoms with Gasteiger partial charge in [0.2, 0.25) is 5.95 Å². The van der Waals surface area contributed by atoms with Gasteiger partial charge in [-0.2, -0.15) is 23.4 Å². The molecule has 0 bridgehead atoms. The van der Waals surface area contributed by atoms with E-state index in [-0.39, 0.29) is 17.1 Å². The molecule has 2 aromatic rings. The maximum absolute atomic E-state index is 13.4. The Hall–Kier alpha value is -2.89. The standard InChI is InChI=1S/C12H7F4N5/c13-7-2-1-3-8(6(7)5-17)19-10-4-9(12(14,15)16)20-11(18)21-10/h1-4H,(H3,18,19,20,21). The van der Waals surface area contributed by atoms with Crippen LogP contribution >= 0.6 is 0 Å². The van der Waals surface area contributed by atoms with Crippen LogP contribution in [-0.2, 0) is 6.18 Å². The first kappa shape index (κ1) is 14.5. The van der Waals surface area contributed by atoms with E-state index in [1.54, 1.807) is 6.07 Å². The van der Waals surface area contributed by atoms with E-state index in [0.717, 1.165) is 6.07 Å². The van der Waals surface area contributed by atoms with Gasteiger partial charge in [-0.3, -0.25) is 0 Å². The minimum absolute atomic E-state index is 0.0243. The molecule has 1 aromatic carbocycles. The molecule has 21 heavy (non-hydrogen) atoms. The third-order valence-corrected chi connectivity index (χ3v) is 2.42. The van der Waals surface area contributed by atoms with Crippen molar-refractivity contribution in [2.75, 3.05) is 11.1 Å². The van der Waals surface area contributed by atoms with Crippen LogP contribution in [0, 0.1) is 17.1 Å². The highest BCUT2D eigenvalue weighted by Gasteiger charge is 2.33. The summed E-state index contributed by atoms with van der Waals surface area (Å²) in [5.74, 6) is -1.69. The van der Waals surface area contributed by atoms with Crippen LogP contribution in [0.25, 0.3) is 0 Å². The lowest BCUT2D eigenvalue weighted by Gasteiger charge is -2.11. The number of rotatable bonds is 2. The molecule has 0 saturated carbocycles. The minimum Gasteiger partial charge on any atom is -0.368 e. The van der Waals surface area contributed by atoms with E-state index in [1.807, 2.05) is 0 Å². The van der Waals surface area contributed by atoms with Crippen molar-refractivity contribution in [1.29, 1.82) is 5.26 Å². The van der Waals surface area contributed by atoms with Crippen LogP contribution in [-0.4, -0.2) is 9.97 Å². The molecule has 108 valence electrons. The van der Waals surface area contributed by atoms with Crippen molar-refractivity contribution in [3.8, 4) is 6.07 Å². The van der Waals surface area contributed by atoms with Crippen LogP contribution < -0.4 is 11.1 Å². The van der Waals surface area contributed by atoms with Crippen LogP contribution in [0.15, 0.2) is 24.3 Å². The summed E-state index contributed by atoms with van der Waals surface area (Å²) in [5.41, 5.74) is 3.60. The van der Waals surface area contributed by atoms with Gasteiger partial charge in [0, 0.05) is 6.07 Å². The van der Waals surface area contributed by atoms with Crippen LogP contribution in [0.4, 0.5) is 35.0 Å². The first-order valence-electron chi connectivity index (χ1n) is 5.48. The predicted molar refractivity (Wildman–Crippen MR) is 65.8 cm³/mol. The highest BCUT2D eigenvalue weighted by molar-refractivity contribution is 5.65. The van der Waals surface area contributed by atoms with Crippen LogP contribution in [0.5, 0.6) is 0 Å². The Labute approximate surface area is 116 Å². The van der Waals surface area contributed by atoms with Gasteiger partial charge >= 0.3 is 6.18 Å². The fraction of sp³-hybridized carbons (Fsp3) is 0.0833. The monoisotopic (exact) mass is 297 g/mol. The molecular weight excluding hydrogens is 290 g/mol. The van der Waals surface area contributed by atoms with Gasteiger partial charge in [-0.25, -0.2) is 9.37 Å². The number of benzene rings is 1. The Balaban J connectivity index is 2.44. The Bertz CT molecular complexity index is 721. The Kier molecular flexibility index (Phi) is 3.62. The highest BCUT2D eigenvalue weighted by atomic mass is 19.4. The van der Waals surface area contributed by atoms with Crippen molar-refractivity contribution in [3.63, 3.8) is 0 Å². The summed E-state index contributed by atoms with van der Waals surface area (Å²) in [6.07, 6.45) is -4.70. The van der Waals surface area contributed by atoms with E-state index in [4.69, 9.17) is 11.0 Å². The summed E-state index contributed by atoms with van der Waals surface area (Å²) < 4.78 is 51.2. The Morgan fingerprint density at radius 2 is 1.95 bits per heavy atom. The van der Waals surface area contributed by atoms with Gasteiger partial charge in [0.05, 0.1) is 5.69 Å². The third kappa shape index (κ3) is 3.17. The highest BCUT2D eigenvalue weighted by Crippen LogP contribution is 2.30. The number of nitriles is 1. The van der Waals surface area contributed by atoms with Crippen LogP contribution in [0.2, 0.25) is 0 Å². The molecule has 5 nitrogen and oxygen atoms in total. The second-order valence-corrected chi connectivity index (χ2v) is 3.89. The Morgan fingerprint density at radius 3 is 2.57 bits per heavy atom. The summed E-state index contributed by atoms with van der Waals surface area (Å²) in [6.45, 7) is 0. The van der Waals surface area contributed by atoms with E-state index in [0.29, 0.717) is 6.07 Å². The number of hydrogen-bond acceptors (Lipinski definition) is 5. The molecule has 9 heteroatoms. The average molecular weight is 297 g/mol. The summed E-state index contributed by atoms with van der Waals surface area (Å²) in [6, 6.07) is 5.90. The molecule has 0 aliphatic rings. The Morgan fingerprint density at radius 1 is 1.24 bits per heavy atom. The van der Waals surface area contributed by atoms with Crippen molar-refractivity contribution < 1.29 is 17.6 Å². The number of nitrogen functional groups attached to an aromatic ring is 1. The van der Waals surface area contributed by atoms with Gasteiger partial charge in [0.1, 0.15) is 23.3 Å². The lowest BCUT2D eigenvalue weighted by molar-refractivity contribution is -0.141.